The molecule has 30 heavy (non-hydrogen) atoms. The lowest BCUT2D eigenvalue weighted by Crippen LogP contribution is -2.48. The molecule has 0 bridgehead atoms. The molecular weight excluding hydrogens is 464 g/mol. The fourth-order valence-corrected chi connectivity index (χ4v) is 8.64. The summed E-state index contributed by atoms with van der Waals surface area (Å²) in [5, 5.41) is 13.1. The van der Waals surface area contributed by atoms with Gasteiger partial charge in [0.1, 0.15) is 0 Å². The number of hydrogen-bond acceptors (Lipinski definition) is 6. The van der Waals surface area contributed by atoms with E-state index in [2.05, 4.69) is 21.3 Å². The van der Waals surface area contributed by atoms with E-state index in [-0.39, 0.29) is 23.0 Å². The van der Waals surface area contributed by atoms with E-state index in [9.17, 15) is 16.8 Å². The van der Waals surface area contributed by atoms with Gasteiger partial charge in [-0.15, -0.1) is 0 Å². The monoisotopic (exact) mass is 490 g/mol. The summed E-state index contributed by atoms with van der Waals surface area (Å²) in [7, 11) is -6.04. The maximum absolute atomic E-state index is 11.7. The molecule has 1 aromatic carbocycles. The molecule has 0 radical (unpaired) electrons. The first-order chi connectivity index (χ1) is 13.8. The molecule has 12 heteroatoms. The fourth-order valence-electron chi connectivity index (χ4n) is 3.73. The highest BCUT2D eigenvalue weighted by Crippen LogP contribution is 2.24. The molecule has 0 amide bonds. The fraction of sp³-hybridized carbons (Fsp3) is 0.556. The molecule has 0 saturated carbocycles. The van der Waals surface area contributed by atoms with Gasteiger partial charge in [0.2, 0.25) is 0 Å². The molecule has 166 valence electrons. The molecule has 4 N–H and O–H groups in total. The first-order valence-electron chi connectivity index (χ1n) is 9.47. The molecule has 8 nitrogen and oxygen atoms in total. The SMILES string of the molecule is C[C@]1(NC(=S)Nc2ccc(NC(=S)N[C@@]3(C)CCS(=O)(=O)C3)cc2)CCS(=O)(=O)C1. The molecule has 2 aliphatic rings. The lowest BCUT2D eigenvalue weighted by atomic mass is 10.0. The molecule has 2 saturated heterocycles. The van der Waals surface area contributed by atoms with Crippen LogP contribution >= 0.6 is 24.4 Å². The van der Waals surface area contributed by atoms with Crippen LogP contribution in [0.3, 0.4) is 0 Å². The largest absolute Gasteiger partial charge is 0.356 e. The van der Waals surface area contributed by atoms with Crippen molar-refractivity contribution in [1.82, 2.24) is 10.6 Å². The van der Waals surface area contributed by atoms with Gasteiger partial charge in [0.25, 0.3) is 0 Å². The highest BCUT2D eigenvalue weighted by molar-refractivity contribution is 7.92. The van der Waals surface area contributed by atoms with E-state index in [0.29, 0.717) is 23.1 Å². The van der Waals surface area contributed by atoms with Crippen molar-refractivity contribution in [2.45, 2.75) is 37.8 Å². The zero-order chi connectivity index (χ0) is 22.2. The van der Waals surface area contributed by atoms with Gasteiger partial charge in [-0.2, -0.15) is 0 Å². The van der Waals surface area contributed by atoms with Crippen LogP contribution < -0.4 is 21.3 Å². The van der Waals surface area contributed by atoms with Crippen LogP contribution in [0.15, 0.2) is 24.3 Å². The minimum absolute atomic E-state index is 0.0648. The number of anilines is 2. The molecule has 0 unspecified atom stereocenters. The smallest absolute Gasteiger partial charge is 0.171 e. The molecule has 0 aliphatic carbocycles. The van der Waals surface area contributed by atoms with Crippen LogP contribution in [0.1, 0.15) is 26.7 Å². The molecule has 0 spiro atoms. The zero-order valence-electron chi connectivity index (χ0n) is 16.8. The van der Waals surface area contributed by atoms with E-state index in [1.807, 2.05) is 38.1 Å². The minimum atomic E-state index is -3.02. The number of thiocarbonyl (C=S) groups is 2. The van der Waals surface area contributed by atoms with E-state index in [1.165, 1.54) is 0 Å². The molecule has 2 atom stereocenters. The van der Waals surface area contributed by atoms with Crippen LogP contribution in [-0.2, 0) is 19.7 Å². The quantitative estimate of drug-likeness (QED) is 0.462. The van der Waals surface area contributed by atoms with Gasteiger partial charge in [0.05, 0.1) is 34.1 Å². The van der Waals surface area contributed by atoms with Gasteiger partial charge in [-0.3, -0.25) is 0 Å². The Morgan fingerprint density at radius 2 is 1.10 bits per heavy atom. The van der Waals surface area contributed by atoms with Crippen molar-refractivity contribution < 1.29 is 16.8 Å². The molecule has 3 rings (SSSR count). The van der Waals surface area contributed by atoms with Crippen LogP contribution in [0.2, 0.25) is 0 Å². The Balaban J connectivity index is 1.51. The zero-order valence-corrected chi connectivity index (χ0v) is 20.1. The van der Waals surface area contributed by atoms with Crippen LogP contribution in [0, 0.1) is 0 Å². The Hall–Kier alpha value is -1.50. The first kappa shape index (κ1) is 23.2. The normalized spacial score (nSPS) is 29.1. The lowest BCUT2D eigenvalue weighted by molar-refractivity contribution is 0.474. The van der Waals surface area contributed by atoms with Gasteiger partial charge < -0.3 is 21.3 Å². The Labute approximate surface area is 188 Å². The first-order valence-corrected chi connectivity index (χ1v) is 13.9. The molecule has 1 aromatic rings. The lowest BCUT2D eigenvalue weighted by Gasteiger charge is -2.26. The topological polar surface area (TPSA) is 116 Å². The summed E-state index contributed by atoms with van der Waals surface area (Å²) in [5.41, 5.74) is 0.364. The summed E-state index contributed by atoms with van der Waals surface area (Å²) in [6.45, 7) is 3.70. The molecule has 0 aromatic heterocycles. The van der Waals surface area contributed by atoms with Gasteiger partial charge in [-0.05, 0) is 75.4 Å². The van der Waals surface area contributed by atoms with Crippen molar-refractivity contribution in [3.05, 3.63) is 24.3 Å². The number of sulfone groups is 2. The van der Waals surface area contributed by atoms with Gasteiger partial charge in [-0.25, -0.2) is 16.8 Å². The van der Waals surface area contributed by atoms with E-state index in [1.54, 1.807) is 0 Å². The average molecular weight is 491 g/mol. The van der Waals surface area contributed by atoms with E-state index >= 15 is 0 Å². The van der Waals surface area contributed by atoms with E-state index in [0.717, 1.165) is 11.4 Å². The maximum Gasteiger partial charge on any atom is 0.171 e. The number of nitrogens with one attached hydrogen (secondary N) is 4. The van der Waals surface area contributed by atoms with Crippen molar-refractivity contribution in [3.8, 4) is 0 Å². The van der Waals surface area contributed by atoms with Gasteiger partial charge in [0, 0.05) is 11.4 Å². The van der Waals surface area contributed by atoms with Crippen molar-refractivity contribution in [2.24, 2.45) is 0 Å². The van der Waals surface area contributed by atoms with Gasteiger partial charge in [0.15, 0.2) is 29.9 Å². The summed E-state index contributed by atoms with van der Waals surface area (Å²) in [5.74, 6) is 0.460. The van der Waals surface area contributed by atoms with Crippen LogP contribution in [0.5, 0.6) is 0 Å². The molecule has 2 heterocycles. The highest BCUT2D eigenvalue weighted by atomic mass is 32.2. The average Bonchev–Trinajstić information content (AvgIpc) is 3.02. The summed E-state index contributed by atoms with van der Waals surface area (Å²) in [6, 6.07) is 7.26. The van der Waals surface area contributed by atoms with Gasteiger partial charge in [-0.1, -0.05) is 0 Å². The Morgan fingerprint density at radius 1 is 0.767 bits per heavy atom. The summed E-state index contributed by atoms with van der Waals surface area (Å²) in [6.07, 6.45) is 1.04. The predicted octanol–water partition coefficient (Wildman–Crippen LogP) is 1.41. The Bertz CT molecular complexity index is 971. The van der Waals surface area contributed by atoms with Crippen LogP contribution in [0.25, 0.3) is 0 Å². The third kappa shape index (κ3) is 6.25. The second kappa shape index (κ2) is 8.21. The minimum Gasteiger partial charge on any atom is -0.356 e. The summed E-state index contributed by atoms with van der Waals surface area (Å²) >= 11 is 10.6. The van der Waals surface area contributed by atoms with E-state index < -0.39 is 30.8 Å². The van der Waals surface area contributed by atoms with Crippen LogP contribution in [0.4, 0.5) is 11.4 Å². The van der Waals surface area contributed by atoms with Crippen molar-refractivity contribution in [2.75, 3.05) is 33.6 Å². The third-order valence-corrected chi connectivity index (χ3v) is 9.45. The highest BCUT2D eigenvalue weighted by Gasteiger charge is 2.39. The second-order valence-electron chi connectivity index (χ2n) is 8.54. The van der Waals surface area contributed by atoms with Crippen molar-refractivity contribution in [1.29, 1.82) is 0 Å². The van der Waals surface area contributed by atoms with Crippen molar-refractivity contribution in [3.63, 3.8) is 0 Å². The summed E-state index contributed by atoms with van der Waals surface area (Å²) in [4.78, 5) is 0. The van der Waals surface area contributed by atoms with E-state index in [4.69, 9.17) is 24.4 Å². The molecule has 2 aliphatic heterocycles. The predicted molar refractivity (Wildman–Crippen MR) is 129 cm³/mol. The molecular formula is C18H26N4O4S4. The van der Waals surface area contributed by atoms with Crippen molar-refractivity contribution >= 4 is 65.7 Å². The Kier molecular flexibility index (Phi) is 6.34. The number of benzene rings is 1. The number of hydrogen-bond donors (Lipinski definition) is 4. The van der Waals surface area contributed by atoms with Crippen LogP contribution in [-0.4, -0.2) is 61.1 Å². The third-order valence-electron chi connectivity index (χ3n) is 5.24. The number of rotatable bonds is 4. The molecule has 2 fully saturated rings. The summed E-state index contributed by atoms with van der Waals surface area (Å²) < 4.78 is 46.9. The maximum atomic E-state index is 11.7. The second-order valence-corrected chi connectivity index (χ2v) is 13.7. The van der Waals surface area contributed by atoms with Gasteiger partial charge >= 0.3 is 0 Å². The standard InChI is InChI=1S/C18H26N4O4S4/c1-17(7-9-29(23,24)11-17)21-15(27)19-13-3-5-14(6-4-13)20-16(28)22-18(2)8-10-30(25,26)12-18/h3-6H,7-12H2,1-2H3,(H2,19,21,27)(H2,20,22,28)/t17-,18-/m0/s1. The Morgan fingerprint density at radius 3 is 1.37 bits per heavy atom.